The van der Waals surface area contributed by atoms with Crippen LogP contribution in [0.5, 0.6) is 0 Å². The number of nitrogens with two attached hydrogens (primary N) is 1. The van der Waals surface area contributed by atoms with Crippen LogP contribution >= 0.6 is 0 Å². The third-order valence-corrected chi connectivity index (χ3v) is 9.15. The third kappa shape index (κ3) is 14.7. The van der Waals surface area contributed by atoms with Crippen LogP contribution in [0.25, 0.3) is 0 Å². The van der Waals surface area contributed by atoms with Gasteiger partial charge in [0.15, 0.2) is 12.4 Å². The van der Waals surface area contributed by atoms with Gasteiger partial charge in [-0.05, 0) is 49.3 Å². The number of benzene rings is 1. The van der Waals surface area contributed by atoms with Gasteiger partial charge >= 0.3 is 12.1 Å². The number of hydrogen-bond donors (Lipinski definition) is 9. The Bertz CT molecular complexity index is 1640. The molecule has 1 aromatic carbocycles. The number of rotatable bonds is 21. The number of aliphatic hydroxyl groups excluding tert-OH is 2. The molecule has 7 atom stereocenters. The standard InChI is InChI=1S/C37H53FN8O12/c1-20(2)30(44-26(49)9-5-4-6-17-46-27(50)14-15-28(46)51)34(54)43-24(8-7-16-40-36(39)55)33(53)42-23-12-10-22(11-13-23)19-57-37(56)45-35-31(41-21(3)48)32(52)29(38)25(18-47)58-35/h10-15,20,24-25,29-32,35,47,52H,4-9,16-19H2,1-3H3,(H,41,48)(H,42,53)(H,43,54)(H,44,49)(H,45,56)(H3,39,40,55)/t24?,25-,29-,30?,31-,32+,35?/m1/s1. The van der Waals surface area contributed by atoms with Crippen molar-refractivity contribution >= 4 is 53.3 Å². The smallest absolute Gasteiger partial charge is 0.409 e. The van der Waals surface area contributed by atoms with E-state index in [2.05, 4.69) is 31.9 Å². The number of aliphatic hydroxyl groups is 2. The molecule has 0 bridgehead atoms. The van der Waals surface area contributed by atoms with E-state index in [4.69, 9.17) is 15.2 Å². The number of anilines is 1. The Morgan fingerprint density at radius 1 is 0.948 bits per heavy atom. The quantitative estimate of drug-likeness (QED) is 0.0552. The Hall–Kier alpha value is -5.67. The van der Waals surface area contributed by atoms with Crippen LogP contribution in [0.1, 0.15) is 64.9 Å². The normalized spacial score (nSPS) is 21.2. The van der Waals surface area contributed by atoms with Gasteiger partial charge in [-0.15, -0.1) is 0 Å². The van der Waals surface area contributed by atoms with Gasteiger partial charge in [0, 0.05) is 44.3 Å². The van der Waals surface area contributed by atoms with Crippen molar-refractivity contribution < 1.29 is 62.4 Å². The Balaban J connectivity index is 1.55. The number of hydrogen-bond acceptors (Lipinski definition) is 12. The highest BCUT2D eigenvalue weighted by molar-refractivity contribution is 6.12. The van der Waals surface area contributed by atoms with E-state index in [1.54, 1.807) is 13.8 Å². The van der Waals surface area contributed by atoms with Crippen molar-refractivity contribution in [2.75, 3.05) is 25.0 Å². The molecule has 320 valence electrons. The van der Waals surface area contributed by atoms with E-state index in [0.29, 0.717) is 30.5 Å². The first-order valence-corrected chi connectivity index (χ1v) is 18.9. The van der Waals surface area contributed by atoms with Crippen LogP contribution in [-0.2, 0) is 44.8 Å². The second-order valence-corrected chi connectivity index (χ2v) is 14.1. The van der Waals surface area contributed by atoms with Gasteiger partial charge < -0.3 is 52.0 Å². The summed E-state index contributed by atoms with van der Waals surface area (Å²) < 4.78 is 25.0. The predicted molar refractivity (Wildman–Crippen MR) is 202 cm³/mol. The summed E-state index contributed by atoms with van der Waals surface area (Å²) >= 11 is 0. The lowest BCUT2D eigenvalue weighted by molar-refractivity contribution is -0.180. The Labute approximate surface area is 334 Å². The average molecular weight is 821 g/mol. The number of alkyl halides is 1. The van der Waals surface area contributed by atoms with Gasteiger partial charge in [-0.25, -0.2) is 14.0 Å². The molecule has 58 heavy (non-hydrogen) atoms. The minimum absolute atomic E-state index is 0.0881. The summed E-state index contributed by atoms with van der Waals surface area (Å²) in [6.07, 6.45) is -3.38. The lowest BCUT2D eigenvalue weighted by Gasteiger charge is -2.41. The first-order valence-electron chi connectivity index (χ1n) is 18.9. The monoisotopic (exact) mass is 820 g/mol. The van der Waals surface area contributed by atoms with Crippen LogP contribution < -0.4 is 37.6 Å². The largest absolute Gasteiger partial charge is 0.445 e. The van der Waals surface area contributed by atoms with Gasteiger partial charge in [0.25, 0.3) is 11.8 Å². The maximum atomic E-state index is 14.4. The summed E-state index contributed by atoms with van der Waals surface area (Å²) in [6, 6.07) is 1.88. The number of imide groups is 1. The Kier molecular flexibility index (Phi) is 18.5. The lowest BCUT2D eigenvalue weighted by atomic mass is 9.97. The molecule has 0 saturated carbocycles. The number of alkyl carbamates (subject to hydrolysis) is 1. The molecule has 21 heteroatoms. The van der Waals surface area contributed by atoms with Crippen molar-refractivity contribution in [2.45, 2.75) is 109 Å². The summed E-state index contributed by atoms with van der Waals surface area (Å²) in [5.74, 6) is -3.33. The van der Waals surface area contributed by atoms with Gasteiger partial charge in [0.05, 0.1) is 6.61 Å². The average Bonchev–Trinajstić information content (AvgIpc) is 3.49. The fourth-order valence-corrected chi connectivity index (χ4v) is 6.04. The Morgan fingerprint density at radius 3 is 2.22 bits per heavy atom. The van der Waals surface area contributed by atoms with Gasteiger partial charge in [0.1, 0.15) is 36.9 Å². The van der Waals surface area contributed by atoms with E-state index in [1.165, 1.54) is 36.4 Å². The van der Waals surface area contributed by atoms with Crippen LogP contribution in [0, 0.1) is 5.92 Å². The fourth-order valence-electron chi connectivity index (χ4n) is 6.04. The number of primary amides is 1. The number of urea groups is 1. The molecule has 0 spiro atoms. The molecular formula is C37H53FN8O12. The van der Waals surface area contributed by atoms with Crippen molar-refractivity contribution in [3.8, 4) is 0 Å². The summed E-state index contributed by atoms with van der Waals surface area (Å²) in [6.45, 7) is 3.88. The first-order chi connectivity index (χ1) is 27.5. The highest BCUT2D eigenvalue weighted by Crippen LogP contribution is 2.23. The molecule has 20 nitrogen and oxygen atoms in total. The molecule has 3 unspecified atom stereocenters. The summed E-state index contributed by atoms with van der Waals surface area (Å²) in [5, 5.41) is 34.9. The molecule has 0 aromatic heterocycles. The highest BCUT2D eigenvalue weighted by atomic mass is 19.1. The number of ether oxygens (including phenoxy) is 2. The van der Waals surface area contributed by atoms with E-state index in [9.17, 15) is 53.0 Å². The summed E-state index contributed by atoms with van der Waals surface area (Å²) in [5.41, 5.74) is 5.93. The molecule has 0 aliphatic carbocycles. The highest BCUT2D eigenvalue weighted by Gasteiger charge is 2.46. The summed E-state index contributed by atoms with van der Waals surface area (Å²) in [7, 11) is 0. The zero-order valence-corrected chi connectivity index (χ0v) is 32.5. The van der Waals surface area contributed by atoms with Gasteiger partial charge in [-0.2, -0.15) is 0 Å². The van der Waals surface area contributed by atoms with Gasteiger partial charge in [0.2, 0.25) is 23.6 Å². The van der Waals surface area contributed by atoms with Crippen molar-refractivity contribution in [1.29, 1.82) is 0 Å². The topological polar surface area (TPSA) is 297 Å². The molecule has 9 amide bonds. The molecular weight excluding hydrogens is 767 g/mol. The number of unbranched alkanes of at least 4 members (excludes halogenated alkanes) is 2. The fraction of sp³-hybridized carbons (Fsp3) is 0.568. The van der Waals surface area contributed by atoms with Crippen LogP contribution in [-0.4, -0.2) is 125 Å². The second-order valence-electron chi connectivity index (χ2n) is 14.1. The van der Waals surface area contributed by atoms with Crippen LogP contribution in [0.4, 0.5) is 19.7 Å². The number of carbonyl (C=O) groups excluding carboxylic acids is 8. The van der Waals surface area contributed by atoms with E-state index < -0.39 is 85.1 Å². The minimum Gasteiger partial charge on any atom is -0.445 e. The SMILES string of the molecule is CC(=O)N[C@H]1C(NC(=O)OCc2ccc(NC(=O)C(CCCNC(N)=O)NC(=O)C(NC(=O)CCCCCN3C(=O)C=CC3=O)C(C)C)cc2)O[C@H](CO)[C@@H](F)[C@@H]1O. The van der Waals surface area contributed by atoms with Crippen molar-refractivity contribution in [2.24, 2.45) is 11.7 Å². The van der Waals surface area contributed by atoms with E-state index in [-0.39, 0.29) is 56.7 Å². The van der Waals surface area contributed by atoms with Crippen LogP contribution in [0.3, 0.4) is 0 Å². The van der Waals surface area contributed by atoms with Gasteiger partial charge in [-0.1, -0.05) is 32.4 Å². The maximum absolute atomic E-state index is 14.4. The minimum atomic E-state index is -2.04. The predicted octanol–water partition coefficient (Wildman–Crippen LogP) is -0.668. The Morgan fingerprint density at radius 2 is 1.62 bits per heavy atom. The third-order valence-electron chi connectivity index (χ3n) is 9.15. The number of carbonyl (C=O) groups is 8. The second kappa shape index (κ2) is 22.9. The number of halogens is 1. The first kappa shape index (κ1) is 46.7. The summed E-state index contributed by atoms with van der Waals surface area (Å²) in [4.78, 5) is 99.5. The lowest BCUT2D eigenvalue weighted by Crippen LogP contribution is -2.67. The number of nitrogens with one attached hydrogen (secondary N) is 6. The molecule has 2 aliphatic heterocycles. The zero-order valence-electron chi connectivity index (χ0n) is 32.5. The van der Waals surface area contributed by atoms with Gasteiger partial charge in [-0.3, -0.25) is 39.0 Å². The van der Waals surface area contributed by atoms with E-state index >= 15 is 0 Å². The van der Waals surface area contributed by atoms with Crippen molar-refractivity contribution in [1.82, 2.24) is 31.5 Å². The molecule has 1 fully saturated rings. The molecule has 3 rings (SSSR count). The van der Waals surface area contributed by atoms with Crippen LogP contribution in [0.15, 0.2) is 36.4 Å². The van der Waals surface area contributed by atoms with E-state index in [0.717, 1.165) is 11.8 Å². The molecule has 2 heterocycles. The maximum Gasteiger partial charge on any atom is 0.409 e. The van der Waals surface area contributed by atoms with Crippen LogP contribution in [0.2, 0.25) is 0 Å². The molecule has 1 aromatic rings. The van der Waals surface area contributed by atoms with E-state index in [1.807, 2.05) is 0 Å². The molecule has 0 radical (unpaired) electrons. The molecule has 10 N–H and O–H groups in total. The van der Waals surface area contributed by atoms with Crippen molar-refractivity contribution in [3.05, 3.63) is 42.0 Å². The number of nitrogens with zero attached hydrogens (tertiary/aromatic N) is 1. The zero-order chi connectivity index (χ0) is 42.9. The van der Waals surface area contributed by atoms with Crippen molar-refractivity contribution in [3.63, 3.8) is 0 Å². The number of amides is 9. The molecule has 1 saturated heterocycles. The molecule has 2 aliphatic rings.